The molecule has 0 atom stereocenters. The largest absolute Gasteiger partial charge is 0.292 e. The Hall–Kier alpha value is -0.900. The molecule has 0 aliphatic heterocycles. The molecule has 0 unspecified atom stereocenters. The summed E-state index contributed by atoms with van der Waals surface area (Å²) in [7, 11) is 2.07. The van der Waals surface area contributed by atoms with Gasteiger partial charge in [-0.25, -0.2) is 5.43 Å². The smallest absolute Gasteiger partial charge is 0.0610 e. The van der Waals surface area contributed by atoms with Crippen molar-refractivity contribution < 1.29 is 0 Å². The van der Waals surface area contributed by atoms with Gasteiger partial charge in [0.15, 0.2) is 0 Å². The Kier molecular flexibility index (Phi) is 4.93. The van der Waals surface area contributed by atoms with Gasteiger partial charge in [-0.15, -0.1) is 0 Å². The normalized spacial score (nSPS) is 11.1. The highest BCUT2D eigenvalue weighted by molar-refractivity contribution is 5.36. The Morgan fingerprint density at radius 2 is 1.75 bits per heavy atom. The summed E-state index contributed by atoms with van der Waals surface area (Å²) in [6, 6.07) is 4.57. The van der Waals surface area contributed by atoms with E-state index in [0.717, 1.165) is 19.6 Å². The standard InChI is InChI=1S/C13H23N3/c1-10-7-12(3)13(8-11(10)2)5-6-16(4)9-15-14/h7-8,15H,5-6,9,14H2,1-4H3. The number of aryl methyl sites for hydroxylation is 3. The molecular formula is C13H23N3. The number of hydrogen-bond acceptors (Lipinski definition) is 3. The van der Waals surface area contributed by atoms with Crippen molar-refractivity contribution in [2.24, 2.45) is 5.84 Å². The third-order valence-corrected chi connectivity index (χ3v) is 3.08. The zero-order valence-corrected chi connectivity index (χ0v) is 10.8. The molecule has 0 bridgehead atoms. The monoisotopic (exact) mass is 221 g/mol. The molecule has 0 fully saturated rings. The van der Waals surface area contributed by atoms with E-state index >= 15 is 0 Å². The molecule has 0 amide bonds. The van der Waals surface area contributed by atoms with E-state index in [4.69, 9.17) is 5.84 Å². The van der Waals surface area contributed by atoms with Crippen molar-refractivity contribution >= 4 is 0 Å². The Morgan fingerprint density at radius 1 is 1.12 bits per heavy atom. The van der Waals surface area contributed by atoms with Gasteiger partial charge in [0.1, 0.15) is 0 Å². The van der Waals surface area contributed by atoms with Crippen molar-refractivity contribution in [3.8, 4) is 0 Å². The van der Waals surface area contributed by atoms with Gasteiger partial charge in [0, 0.05) is 6.54 Å². The molecule has 0 radical (unpaired) electrons. The van der Waals surface area contributed by atoms with Crippen molar-refractivity contribution in [1.82, 2.24) is 10.3 Å². The molecule has 16 heavy (non-hydrogen) atoms. The number of rotatable bonds is 5. The van der Waals surface area contributed by atoms with Crippen LogP contribution in [0.2, 0.25) is 0 Å². The van der Waals surface area contributed by atoms with Gasteiger partial charge in [0.05, 0.1) is 6.67 Å². The molecule has 0 spiro atoms. The van der Waals surface area contributed by atoms with Crippen LogP contribution >= 0.6 is 0 Å². The third-order valence-electron chi connectivity index (χ3n) is 3.08. The van der Waals surface area contributed by atoms with Crippen molar-refractivity contribution in [2.75, 3.05) is 20.3 Å². The molecule has 0 aromatic heterocycles. The van der Waals surface area contributed by atoms with Gasteiger partial charge in [-0.05, 0) is 56.5 Å². The number of hydrazine groups is 1. The lowest BCUT2D eigenvalue weighted by atomic mass is 9.99. The minimum absolute atomic E-state index is 0.726. The zero-order valence-electron chi connectivity index (χ0n) is 10.8. The van der Waals surface area contributed by atoms with Crippen molar-refractivity contribution in [2.45, 2.75) is 27.2 Å². The number of hydrogen-bond donors (Lipinski definition) is 2. The molecule has 3 N–H and O–H groups in total. The molecule has 1 aromatic rings. The molecule has 0 aliphatic rings. The summed E-state index contributed by atoms with van der Waals surface area (Å²) >= 11 is 0. The van der Waals surface area contributed by atoms with E-state index in [1.54, 1.807) is 0 Å². The molecule has 0 saturated carbocycles. The Labute approximate surface area is 98.6 Å². The molecule has 0 heterocycles. The summed E-state index contributed by atoms with van der Waals surface area (Å²) < 4.78 is 0. The van der Waals surface area contributed by atoms with Gasteiger partial charge in [0.25, 0.3) is 0 Å². The number of benzene rings is 1. The van der Waals surface area contributed by atoms with Crippen LogP contribution in [0.3, 0.4) is 0 Å². The Balaban J connectivity index is 2.63. The second-order valence-electron chi connectivity index (χ2n) is 4.55. The van der Waals surface area contributed by atoms with Gasteiger partial charge in [-0.1, -0.05) is 12.1 Å². The summed E-state index contributed by atoms with van der Waals surface area (Å²) in [4.78, 5) is 2.18. The second kappa shape index (κ2) is 5.99. The summed E-state index contributed by atoms with van der Waals surface area (Å²) in [6.45, 7) is 8.26. The SMILES string of the molecule is Cc1cc(C)c(CCN(C)CNN)cc1C. The van der Waals surface area contributed by atoms with Crippen molar-refractivity contribution in [3.63, 3.8) is 0 Å². The van der Waals surface area contributed by atoms with Gasteiger partial charge < -0.3 is 0 Å². The number of nitrogens with two attached hydrogens (primary N) is 1. The Morgan fingerprint density at radius 3 is 2.38 bits per heavy atom. The number of likely N-dealkylation sites (N-methyl/N-ethyl adjacent to an activating group) is 1. The first-order chi connectivity index (χ1) is 7.54. The summed E-state index contributed by atoms with van der Waals surface area (Å²) in [5, 5.41) is 0. The maximum atomic E-state index is 5.28. The van der Waals surface area contributed by atoms with Crippen LogP contribution in [0.5, 0.6) is 0 Å². The molecule has 1 aromatic carbocycles. The predicted octanol–water partition coefficient (Wildman–Crippen LogP) is 1.51. The minimum Gasteiger partial charge on any atom is -0.292 e. The first-order valence-corrected chi connectivity index (χ1v) is 5.73. The summed E-state index contributed by atoms with van der Waals surface area (Å²) in [5.74, 6) is 5.28. The van der Waals surface area contributed by atoms with E-state index in [1.807, 2.05) is 0 Å². The predicted molar refractivity (Wildman–Crippen MR) is 69.2 cm³/mol. The molecule has 3 heteroatoms. The summed E-state index contributed by atoms with van der Waals surface area (Å²) in [5.41, 5.74) is 8.24. The average Bonchev–Trinajstić information content (AvgIpc) is 2.22. The fraction of sp³-hybridized carbons (Fsp3) is 0.538. The van der Waals surface area contributed by atoms with Crippen LogP contribution in [0, 0.1) is 20.8 Å². The maximum Gasteiger partial charge on any atom is 0.0610 e. The number of nitrogens with zero attached hydrogens (tertiary/aromatic N) is 1. The van der Waals surface area contributed by atoms with E-state index in [9.17, 15) is 0 Å². The molecule has 0 saturated heterocycles. The van der Waals surface area contributed by atoms with Crippen LogP contribution in [0.4, 0.5) is 0 Å². The van der Waals surface area contributed by atoms with Crippen LogP contribution in [-0.2, 0) is 6.42 Å². The highest BCUT2D eigenvalue weighted by Gasteiger charge is 2.03. The topological polar surface area (TPSA) is 41.3 Å². The highest BCUT2D eigenvalue weighted by atomic mass is 15.3. The van der Waals surface area contributed by atoms with Crippen LogP contribution in [-0.4, -0.2) is 25.2 Å². The van der Waals surface area contributed by atoms with Crippen LogP contribution < -0.4 is 11.3 Å². The minimum atomic E-state index is 0.726. The third kappa shape index (κ3) is 3.59. The first kappa shape index (κ1) is 13.2. The first-order valence-electron chi connectivity index (χ1n) is 5.73. The van der Waals surface area contributed by atoms with E-state index in [1.165, 1.54) is 22.3 Å². The van der Waals surface area contributed by atoms with Crippen LogP contribution in [0.1, 0.15) is 22.3 Å². The molecule has 1 rings (SSSR count). The lowest BCUT2D eigenvalue weighted by Gasteiger charge is -2.17. The van der Waals surface area contributed by atoms with E-state index in [2.05, 4.69) is 50.3 Å². The van der Waals surface area contributed by atoms with Gasteiger partial charge in [-0.3, -0.25) is 10.7 Å². The van der Waals surface area contributed by atoms with Crippen molar-refractivity contribution in [3.05, 3.63) is 34.4 Å². The maximum absolute atomic E-state index is 5.28. The lowest BCUT2D eigenvalue weighted by molar-refractivity contribution is 0.312. The fourth-order valence-corrected chi connectivity index (χ4v) is 1.84. The van der Waals surface area contributed by atoms with Crippen LogP contribution in [0.15, 0.2) is 12.1 Å². The lowest BCUT2D eigenvalue weighted by Crippen LogP contribution is -2.36. The van der Waals surface area contributed by atoms with E-state index < -0.39 is 0 Å². The van der Waals surface area contributed by atoms with Gasteiger partial charge in [-0.2, -0.15) is 0 Å². The van der Waals surface area contributed by atoms with E-state index in [-0.39, 0.29) is 0 Å². The van der Waals surface area contributed by atoms with E-state index in [0.29, 0.717) is 0 Å². The zero-order chi connectivity index (χ0) is 12.1. The summed E-state index contributed by atoms with van der Waals surface area (Å²) in [6.07, 6.45) is 1.07. The van der Waals surface area contributed by atoms with Crippen LogP contribution in [0.25, 0.3) is 0 Å². The fourth-order valence-electron chi connectivity index (χ4n) is 1.84. The molecule has 3 nitrogen and oxygen atoms in total. The van der Waals surface area contributed by atoms with Gasteiger partial charge >= 0.3 is 0 Å². The second-order valence-corrected chi connectivity index (χ2v) is 4.55. The van der Waals surface area contributed by atoms with Crippen molar-refractivity contribution in [1.29, 1.82) is 0 Å². The van der Waals surface area contributed by atoms with Gasteiger partial charge in [0.2, 0.25) is 0 Å². The molecule has 0 aliphatic carbocycles. The molecular weight excluding hydrogens is 198 g/mol. The number of nitrogens with one attached hydrogen (secondary N) is 1. The molecule has 90 valence electrons. The Bertz CT molecular complexity index is 347. The highest BCUT2D eigenvalue weighted by Crippen LogP contribution is 2.15. The average molecular weight is 221 g/mol. The quantitative estimate of drug-likeness (QED) is 0.450.